The zero-order valence-corrected chi connectivity index (χ0v) is 12.3. The van der Waals surface area contributed by atoms with Crippen LogP contribution in [0, 0.1) is 5.92 Å². The monoisotopic (exact) mass is 268 g/mol. The van der Waals surface area contributed by atoms with Gasteiger partial charge in [0.2, 0.25) is 0 Å². The minimum absolute atomic E-state index is 0.363. The van der Waals surface area contributed by atoms with Crippen LogP contribution in [0.3, 0.4) is 0 Å². The van der Waals surface area contributed by atoms with Crippen LogP contribution >= 0.6 is 0 Å². The van der Waals surface area contributed by atoms with Crippen molar-refractivity contribution in [2.45, 2.75) is 31.8 Å². The summed E-state index contributed by atoms with van der Waals surface area (Å²) in [5, 5.41) is 6.81. The number of ether oxygens (including phenoxy) is 1. The van der Waals surface area contributed by atoms with E-state index in [-0.39, 0.29) is 0 Å². The summed E-state index contributed by atoms with van der Waals surface area (Å²) in [4.78, 5) is 6.68. The van der Waals surface area contributed by atoms with E-state index in [4.69, 9.17) is 4.74 Å². The Morgan fingerprint density at radius 2 is 1.95 bits per heavy atom. The van der Waals surface area contributed by atoms with Crippen LogP contribution in [0.25, 0.3) is 0 Å². The Labute approximate surface area is 116 Å². The summed E-state index contributed by atoms with van der Waals surface area (Å²) in [6, 6.07) is 0. The third kappa shape index (κ3) is 4.99. The number of piperidine rings is 1. The van der Waals surface area contributed by atoms with Crippen LogP contribution < -0.4 is 10.6 Å². The van der Waals surface area contributed by atoms with Gasteiger partial charge in [0.15, 0.2) is 5.96 Å². The fraction of sp³-hybridized carbons (Fsp3) is 0.929. The number of likely N-dealkylation sites (tertiary alicyclic amines) is 1. The van der Waals surface area contributed by atoms with Crippen molar-refractivity contribution in [1.29, 1.82) is 0 Å². The predicted molar refractivity (Wildman–Crippen MR) is 78.6 cm³/mol. The zero-order valence-electron chi connectivity index (χ0n) is 12.3. The highest BCUT2D eigenvalue weighted by molar-refractivity contribution is 5.79. The molecule has 5 heteroatoms. The minimum Gasteiger partial charge on any atom is -0.376 e. The number of nitrogens with one attached hydrogen (secondary N) is 2. The first-order chi connectivity index (χ1) is 9.28. The molecule has 0 radical (unpaired) electrons. The van der Waals surface area contributed by atoms with Crippen LogP contribution in [0.2, 0.25) is 0 Å². The number of hydrogen-bond acceptors (Lipinski definition) is 3. The molecule has 0 amide bonds. The molecule has 1 atom stereocenters. The number of nitrogens with zero attached hydrogens (tertiary/aromatic N) is 2. The standard InChI is InChI=1S/C14H28N4O/c1-15-14(17-11-13-4-3-9-19-13)16-10-12-5-7-18(2)8-6-12/h12-13H,3-11H2,1-2H3,(H2,15,16,17). The van der Waals surface area contributed by atoms with Crippen molar-refractivity contribution in [3.63, 3.8) is 0 Å². The summed E-state index contributed by atoms with van der Waals surface area (Å²) in [5.74, 6) is 1.69. The molecule has 2 rings (SSSR count). The van der Waals surface area contributed by atoms with E-state index >= 15 is 0 Å². The quantitative estimate of drug-likeness (QED) is 0.581. The van der Waals surface area contributed by atoms with Crippen LogP contribution in [0.1, 0.15) is 25.7 Å². The molecule has 2 aliphatic heterocycles. The Morgan fingerprint density at radius 1 is 1.21 bits per heavy atom. The molecule has 0 saturated carbocycles. The SMILES string of the molecule is CN=C(NCC1CCN(C)CC1)NCC1CCCO1. The minimum atomic E-state index is 0.363. The molecule has 0 aromatic rings. The molecule has 2 saturated heterocycles. The first-order valence-corrected chi connectivity index (χ1v) is 7.52. The molecule has 5 nitrogen and oxygen atoms in total. The van der Waals surface area contributed by atoms with E-state index < -0.39 is 0 Å². The van der Waals surface area contributed by atoms with Crippen LogP contribution in [-0.4, -0.2) is 63.8 Å². The first-order valence-electron chi connectivity index (χ1n) is 7.52. The third-order valence-corrected chi connectivity index (χ3v) is 4.14. The van der Waals surface area contributed by atoms with Crippen LogP contribution in [0.4, 0.5) is 0 Å². The van der Waals surface area contributed by atoms with Gasteiger partial charge in [-0.1, -0.05) is 0 Å². The van der Waals surface area contributed by atoms with Gasteiger partial charge in [0.25, 0.3) is 0 Å². The summed E-state index contributed by atoms with van der Waals surface area (Å²) >= 11 is 0. The normalized spacial score (nSPS) is 26.6. The molecule has 2 aliphatic rings. The molecule has 2 fully saturated rings. The average molecular weight is 268 g/mol. The number of aliphatic imine (C=N–C) groups is 1. The second kappa shape index (κ2) is 7.70. The molecule has 110 valence electrons. The van der Waals surface area contributed by atoms with Crippen LogP contribution in [0.5, 0.6) is 0 Å². The van der Waals surface area contributed by atoms with Crippen molar-refractivity contribution in [3.8, 4) is 0 Å². The van der Waals surface area contributed by atoms with E-state index in [1.54, 1.807) is 0 Å². The lowest BCUT2D eigenvalue weighted by molar-refractivity contribution is 0.113. The average Bonchev–Trinajstić information content (AvgIpc) is 2.94. The maximum absolute atomic E-state index is 5.60. The lowest BCUT2D eigenvalue weighted by atomic mass is 9.97. The maximum atomic E-state index is 5.60. The summed E-state index contributed by atoms with van der Waals surface area (Å²) in [5.41, 5.74) is 0. The molecule has 0 bridgehead atoms. The van der Waals surface area contributed by atoms with Crippen molar-refractivity contribution in [2.75, 3.05) is 46.9 Å². The van der Waals surface area contributed by atoms with Gasteiger partial charge in [0.1, 0.15) is 0 Å². The Bertz CT molecular complexity index is 281. The number of hydrogen-bond donors (Lipinski definition) is 2. The first kappa shape index (κ1) is 14.6. The van der Waals surface area contributed by atoms with Crippen molar-refractivity contribution in [2.24, 2.45) is 10.9 Å². The van der Waals surface area contributed by atoms with Gasteiger partial charge in [-0.25, -0.2) is 0 Å². The van der Waals surface area contributed by atoms with Gasteiger partial charge in [-0.15, -0.1) is 0 Å². The van der Waals surface area contributed by atoms with Gasteiger partial charge < -0.3 is 20.3 Å². The highest BCUT2D eigenvalue weighted by Crippen LogP contribution is 2.14. The Balaban J connectivity index is 1.62. The fourth-order valence-corrected chi connectivity index (χ4v) is 2.74. The van der Waals surface area contributed by atoms with Crippen LogP contribution in [-0.2, 0) is 4.74 Å². The molecule has 19 heavy (non-hydrogen) atoms. The van der Waals surface area contributed by atoms with Gasteiger partial charge in [-0.05, 0) is 51.7 Å². The van der Waals surface area contributed by atoms with Crippen molar-refractivity contribution < 1.29 is 4.74 Å². The molecule has 0 spiro atoms. The Morgan fingerprint density at radius 3 is 2.58 bits per heavy atom. The van der Waals surface area contributed by atoms with E-state index in [2.05, 4.69) is 27.6 Å². The second-order valence-corrected chi connectivity index (χ2v) is 5.72. The van der Waals surface area contributed by atoms with Crippen molar-refractivity contribution in [3.05, 3.63) is 0 Å². The molecular formula is C14H28N4O. The largest absolute Gasteiger partial charge is 0.376 e. The molecule has 1 unspecified atom stereocenters. The van der Waals surface area contributed by atoms with Gasteiger partial charge in [0, 0.05) is 26.7 Å². The summed E-state index contributed by atoms with van der Waals surface area (Å²) in [6.07, 6.45) is 5.28. The topological polar surface area (TPSA) is 48.9 Å². The van der Waals surface area contributed by atoms with Crippen LogP contribution in [0.15, 0.2) is 4.99 Å². The molecule has 0 aliphatic carbocycles. The van der Waals surface area contributed by atoms with Gasteiger partial charge in [-0.2, -0.15) is 0 Å². The maximum Gasteiger partial charge on any atom is 0.191 e. The highest BCUT2D eigenvalue weighted by Gasteiger charge is 2.18. The fourth-order valence-electron chi connectivity index (χ4n) is 2.74. The van der Waals surface area contributed by atoms with E-state index in [1.165, 1.54) is 38.8 Å². The van der Waals surface area contributed by atoms with Crippen molar-refractivity contribution in [1.82, 2.24) is 15.5 Å². The molecule has 0 aromatic heterocycles. The molecular weight excluding hydrogens is 240 g/mol. The molecule has 0 aromatic carbocycles. The second-order valence-electron chi connectivity index (χ2n) is 5.72. The molecule has 2 heterocycles. The third-order valence-electron chi connectivity index (χ3n) is 4.14. The van der Waals surface area contributed by atoms with Gasteiger partial charge >= 0.3 is 0 Å². The van der Waals surface area contributed by atoms with E-state index in [0.29, 0.717) is 6.10 Å². The molecule has 2 N–H and O–H groups in total. The predicted octanol–water partition coefficient (Wildman–Crippen LogP) is 0.672. The van der Waals surface area contributed by atoms with Gasteiger partial charge in [0.05, 0.1) is 6.10 Å². The number of guanidine groups is 1. The summed E-state index contributed by atoms with van der Waals surface area (Å²) in [7, 11) is 4.03. The smallest absolute Gasteiger partial charge is 0.191 e. The van der Waals surface area contributed by atoms with Crippen molar-refractivity contribution >= 4 is 5.96 Å². The van der Waals surface area contributed by atoms with E-state index in [1.807, 2.05) is 7.05 Å². The Hall–Kier alpha value is -0.810. The Kier molecular flexibility index (Phi) is 5.92. The lowest BCUT2D eigenvalue weighted by Gasteiger charge is -2.29. The van der Waals surface area contributed by atoms with E-state index in [9.17, 15) is 0 Å². The van der Waals surface area contributed by atoms with Gasteiger partial charge in [-0.3, -0.25) is 4.99 Å². The summed E-state index contributed by atoms with van der Waals surface area (Å²) in [6.45, 7) is 5.24. The summed E-state index contributed by atoms with van der Waals surface area (Å²) < 4.78 is 5.60. The zero-order chi connectivity index (χ0) is 13.5. The highest BCUT2D eigenvalue weighted by atomic mass is 16.5. The number of rotatable bonds is 4. The lowest BCUT2D eigenvalue weighted by Crippen LogP contribution is -2.44. The van der Waals surface area contributed by atoms with E-state index in [0.717, 1.165) is 31.6 Å².